The average Bonchev–Trinajstić information content (AvgIpc) is 2.67. The van der Waals surface area contributed by atoms with Gasteiger partial charge in [-0.15, -0.1) is 0 Å². The lowest BCUT2D eigenvalue weighted by atomic mass is 10.0. The number of guanidine groups is 1. The van der Waals surface area contributed by atoms with Gasteiger partial charge >= 0.3 is 0 Å². The summed E-state index contributed by atoms with van der Waals surface area (Å²) in [6.45, 7) is 11.3. The van der Waals surface area contributed by atoms with Gasteiger partial charge in [-0.3, -0.25) is 0 Å². The molecule has 0 aliphatic carbocycles. The number of halogens is 1. The lowest BCUT2D eigenvalue weighted by molar-refractivity contribution is 0.145. The third-order valence-corrected chi connectivity index (χ3v) is 5.38. The molecule has 6 heteroatoms. The van der Waals surface area contributed by atoms with Crippen LogP contribution in [-0.4, -0.2) is 42.8 Å². The SMILES string of the molecule is CCNC(=NCc1ccc(N2CCC(O)CC2)c(F)c1)NC(C)CCCC(C)C. The van der Waals surface area contributed by atoms with Crippen LogP contribution in [0.5, 0.6) is 0 Å². The van der Waals surface area contributed by atoms with Crippen LogP contribution in [0.1, 0.15) is 65.4 Å². The maximum absolute atomic E-state index is 14.6. The molecular weight excluding hydrogens is 367 g/mol. The molecule has 0 spiro atoms. The molecule has 29 heavy (non-hydrogen) atoms. The second kappa shape index (κ2) is 12.0. The highest BCUT2D eigenvalue weighted by molar-refractivity contribution is 5.80. The van der Waals surface area contributed by atoms with E-state index in [1.54, 1.807) is 6.07 Å². The van der Waals surface area contributed by atoms with Crippen LogP contribution in [0.15, 0.2) is 23.2 Å². The van der Waals surface area contributed by atoms with Gasteiger partial charge in [0.15, 0.2) is 5.96 Å². The number of rotatable bonds is 9. The molecule has 1 aliphatic rings. The highest BCUT2D eigenvalue weighted by atomic mass is 19.1. The first-order chi connectivity index (χ1) is 13.9. The van der Waals surface area contributed by atoms with Gasteiger partial charge in [0.05, 0.1) is 18.3 Å². The summed E-state index contributed by atoms with van der Waals surface area (Å²) in [4.78, 5) is 6.65. The minimum atomic E-state index is -0.257. The van der Waals surface area contributed by atoms with Crippen molar-refractivity contribution in [2.75, 3.05) is 24.5 Å². The average molecular weight is 407 g/mol. The summed E-state index contributed by atoms with van der Waals surface area (Å²) in [5.74, 6) is 1.30. The molecule has 0 amide bonds. The van der Waals surface area contributed by atoms with Gasteiger partial charge in [-0.2, -0.15) is 0 Å². The number of nitrogens with one attached hydrogen (secondary N) is 2. The van der Waals surface area contributed by atoms with E-state index < -0.39 is 0 Å². The normalized spacial score (nSPS) is 16.9. The first kappa shape index (κ1) is 23.5. The van der Waals surface area contributed by atoms with Crippen molar-refractivity contribution in [3.05, 3.63) is 29.6 Å². The number of hydrogen-bond donors (Lipinski definition) is 3. The summed E-state index contributed by atoms with van der Waals surface area (Å²) in [5.41, 5.74) is 1.47. The predicted octanol–water partition coefficient (Wildman–Crippen LogP) is 4.06. The summed E-state index contributed by atoms with van der Waals surface area (Å²) < 4.78 is 14.6. The molecule has 5 nitrogen and oxygen atoms in total. The van der Waals surface area contributed by atoms with Crippen LogP contribution >= 0.6 is 0 Å². The molecule has 1 saturated heterocycles. The Labute approximate surface area is 175 Å². The summed E-state index contributed by atoms with van der Waals surface area (Å²) in [6, 6.07) is 5.72. The van der Waals surface area contributed by atoms with Crippen LogP contribution in [0.4, 0.5) is 10.1 Å². The van der Waals surface area contributed by atoms with E-state index in [-0.39, 0.29) is 11.9 Å². The maximum Gasteiger partial charge on any atom is 0.191 e. The smallest absolute Gasteiger partial charge is 0.191 e. The first-order valence-corrected chi connectivity index (χ1v) is 11.1. The lowest BCUT2D eigenvalue weighted by Gasteiger charge is -2.31. The molecule has 1 aromatic carbocycles. The molecule has 2 rings (SSSR count). The van der Waals surface area contributed by atoms with Gasteiger partial charge in [0.2, 0.25) is 0 Å². The zero-order valence-corrected chi connectivity index (χ0v) is 18.5. The number of aliphatic imine (C=N–C) groups is 1. The first-order valence-electron chi connectivity index (χ1n) is 11.1. The lowest BCUT2D eigenvalue weighted by Crippen LogP contribution is -2.42. The summed E-state index contributed by atoms with van der Waals surface area (Å²) in [7, 11) is 0. The Bertz CT molecular complexity index is 642. The van der Waals surface area contributed by atoms with Crippen molar-refractivity contribution >= 4 is 11.6 Å². The van der Waals surface area contributed by atoms with Gasteiger partial charge in [0.25, 0.3) is 0 Å². The monoisotopic (exact) mass is 406 g/mol. The van der Waals surface area contributed by atoms with E-state index in [1.807, 2.05) is 24.0 Å². The van der Waals surface area contributed by atoms with Crippen molar-refractivity contribution in [3.8, 4) is 0 Å². The van der Waals surface area contributed by atoms with Gasteiger partial charge in [0, 0.05) is 25.7 Å². The molecule has 0 bridgehead atoms. The number of anilines is 1. The number of nitrogens with zero attached hydrogens (tertiary/aromatic N) is 2. The molecule has 3 N–H and O–H groups in total. The van der Waals surface area contributed by atoms with Crippen LogP contribution in [0.25, 0.3) is 0 Å². The topological polar surface area (TPSA) is 59.9 Å². The van der Waals surface area contributed by atoms with Crippen LogP contribution in [0, 0.1) is 11.7 Å². The molecule has 1 heterocycles. The van der Waals surface area contributed by atoms with Crippen molar-refractivity contribution in [1.29, 1.82) is 0 Å². The van der Waals surface area contributed by atoms with Crippen molar-refractivity contribution in [1.82, 2.24) is 10.6 Å². The zero-order valence-electron chi connectivity index (χ0n) is 18.5. The Morgan fingerprint density at radius 1 is 1.24 bits per heavy atom. The van der Waals surface area contributed by atoms with E-state index in [9.17, 15) is 9.50 Å². The van der Waals surface area contributed by atoms with Gasteiger partial charge in [-0.05, 0) is 56.7 Å². The fraction of sp³-hybridized carbons (Fsp3) is 0.696. The molecule has 1 aromatic rings. The molecule has 1 aliphatic heterocycles. The largest absolute Gasteiger partial charge is 0.393 e. The number of hydrogen-bond acceptors (Lipinski definition) is 3. The molecule has 1 atom stereocenters. The highest BCUT2D eigenvalue weighted by Crippen LogP contribution is 2.24. The second-order valence-electron chi connectivity index (χ2n) is 8.57. The molecule has 1 unspecified atom stereocenters. The number of piperidine rings is 1. The van der Waals surface area contributed by atoms with Gasteiger partial charge in [0.1, 0.15) is 5.82 Å². The Morgan fingerprint density at radius 3 is 2.59 bits per heavy atom. The van der Waals surface area contributed by atoms with E-state index in [2.05, 4.69) is 36.4 Å². The second-order valence-corrected chi connectivity index (χ2v) is 8.57. The summed E-state index contributed by atoms with van der Waals surface area (Å²) in [5, 5.41) is 16.4. The fourth-order valence-electron chi connectivity index (χ4n) is 3.64. The van der Waals surface area contributed by atoms with Crippen LogP contribution in [0.2, 0.25) is 0 Å². The van der Waals surface area contributed by atoms with Crippen molar-refractivity contribution in [2.45, 2.75) is 78.5 Å². The van der Waals surface area contributed by atoms with Crippen LogP contribution in [-0.2, 0) is 6.54 Å². The van der Waals surface area contributed by atoms with E-state index in [0.29, 0.717) is 44.2 Å². The molecule has 0 radical (unpaired) electrons. The van der Waals surface area contributed by atoms with Crippen molar-refractivity contribution in [2.24, 2.45) is 10.9 Å². The quantitative estimate of drug-likeness (QED) is 0.428. The van der Waals surface area contributed by atoms with E-state index in [4.69, 9.17) is 0 Å². The number of aliphatic hydroxyl groups is 1. The summed E-state index contributed by atoms with van der Waals surface area (Å²) in [6.07, 6.45) is 4.67. The van der Waals surface area contributed by atoms with E-state index in [1.165, 1.54) is 12.8 Å². The Balaban J connectivity index is 1.93. The fourth-order valence-corrected chi connectivity index (χ4v) is 3.64. The highest BCUT2D eigenvalue weighted by Gasteiger charge is 2.19. The third kappa shape index (κ3) is 8.21. The van der Waals surface area contributed by atoms with Crippen LogP contribution in [0.3, 0.4) is 0 Å². The van der Waals surface area contributed by atoms with Gasteiger partial charge in [-0.25, -0.2) is 9.38 Å². The molecule has 1 fully saturated rings. The Hall–Kier alpha value is -1.82. The molecule has 0 aromatic heterocycles. The van der Waals surface area contributed by atoms with Crippen molar-refractivity contribution < 1.29 is 9.50 Å². The third-order valence-electron chi connectivity index (χ3n) is 5.38. The molecule has 0 saturated carbocycles. The standard InChI is InChI=1S/C23H39FN4O/c1-5-25-23(27-18(4)8-6-7-17(2)3)26-16-19-9-10-22(21(24)15-19)28-13-11-20(29)12-14-28/h9-10,15,17-18,20,29H,5-8,11-14,16H2,1-4H3,(H2,25,26,27). The minimum Gasteiger partial charge on any atom is -0.393 e. The van der Waals surface area contributed by atoms with Crippen LogP contribution < -0.4 is 15.5 Å². The number of aliphatic hydroxyl groups excluding tert-OH is 1. The minimum absolute atomic E-state index is 0.214. The number of benzene rings is 1. The molecular formula is C23H39FN4O. The Kier molecular flexibility index (Phi) is 9.71. The zero-order chi connectivity index (χ0) is 21.2. The van der Waals surface area contributed by atoms with E-state index >= 15 is 0 Å². The predicted molar refractivity (Wildman–Crippen MR) is 120 cm³/mol. The van der Waals surface area contributed by atoms with E-state index in [0.717, 1.165) is 30.4 Å². The van der Waals surface area contributed by atoms with Crippen molar-refractivity contribution in [3.63, 3.8) is 0 Å². The summed E-state index contributed by atoms with van der Waals surface area (Å²) >= 11 is 0. The maximum atomic E-state index is 14.6. The Morgan fingerprint density at radius 2 is 1.97 bits per heavy atom. The van der Waals surface area contributed by atoms with Gasteiger partial charge in [-0.1, -0.05) is 32.8 Å². The molecule has 164 valence electrons. The van der Waals surface area contributed by atoms with Gasteiger partial charge < -0.3 is 20.6 Å².